The molecule has 1 heterocycles. The number of rotatable bonds is 12. The van der Waals surface area contributed by atoms with E-state index >= 15 is 0 Å². The van der Waals surface area contributed by atoms with E-state index in [-0.39, 0.29) is 24.0 Å². The summed E-state index contributed by atoms with van der Waals surface area (Å²) in [5.41, 5.74) is 3.57. The molecule has 6 heteroatoms. The van der Waals surface area contributed by atoms with Gasteiger partial charge in [0, 0.05) is 30.1 Å². The molecule has 2 aromatic carbocycles. The number of benzene rings is 2. The van der Waals surface area contributed by atoms with E-state index in [0.717, 1.165) is 31.2 Å². The summed E-state index contributed by atoms with van der Waals surface area (Å²) in [6.07, 6.45) is 7.87. The number of pyridine rings is 1. The molecule has 0 aliphatic rings. The fraction of sp³-hybridized carbons (Fsp3) is 0.321. The Morgan fingerprint density at radius 1 is 1.03 bits per heavy atom. The van der Waals surface area contributed by atoms with Gasteiger partial charge in [-0.25, -0.2) is 0 Å². The third-order valence-electron chi connectivity index (χ3n) is 5.60. The van der Waals surface area contributed by atoms with Gasteiger partial charge in [0.05, 0.1) is 5.56 Å². The molecule has 34 heavy (non-hydrogen) atoms. The quantitative estimate of drug-likeness (QED) is 0.284. The van der Waals surface area contributed by atoms with Crippen LogP contribution in [0.5, 0.6) is 11.5 Å². The number of aromatic nitrogens is 1. The van der Waals surface area contributed by atoms with Crippen LogP contribution in [0.25, 0.3) is 0 Å². The molecular weight excluding hydrogens is 428 g/mol. The van der Waals surface area contributed by atoms with Crippen molar-refractivity contribution in [2.45, 2.75) is 52.6 Å². The van der Waals surface area contributed by atoms with Crippen molar-refractivity contribution in [3.8, 4) is 11.5 Å². The van der Waals surface area contributed by atoms with Crippen molar-refractivity contribution < 1.29 is 19.4 Å². The van der Waals surface area contributed by atoms with E-state index < -0.39 is 0 Å². The topological polar surface area (TPSA) is 88.5 Å². The molecule has 0 atom stereocenters. The van der Waals surface area contributed by atoms with Crippen LogP contribution < -0.4 is 10.1 Å². The second-order valence-corrected chi connectivity index (χ2v) is 8.31. The number of phenols is 1. The average Bonchev–Trinajstić information content (AvgIpc) is 2.84. The molecule has 1 aromatic heterocycles. The first kappa shape index (κ1) is 25.0. The minimum Gasteiger partial charge on any atom is -0.507 e. The summed E-state index contributed by atoms with van der Waals surface area (Å²) < 4.78 is 5.97. The van der Waals surface area contributed by atoms with Crippen LogP contribution in [-0.2, 0) is 19.4 Å². The second kappa shape index (κ2) is 12.5. The van der Waals surface area contributed by atoms with E-state index in [1.54, 1.807) is 24.4 Å². The minimum absolute atomic E-state index is 0.0106. The average molecular weight is 461 g/mol. The standard InChI is InChI=1S/C28H32N2O4/c1-3-8-25-26(14-13-24(20(2)31)27(25)32)34-19-22-10-6-12-23(17-22)28(33)30-16-5-4-9-21-11-7-15-29-18-21/h6-7,10-15,17-18,32H,3-5,8-9,16,19H2,1-2H3,(H,30,33). The fourth-order valence-corrected chi connectivity index (χ4v) is 3.80. The lowest BCUT2D eigenvalue weighted by molar-refractivity contribution is 0.0951. The number of amides is 1. The third kappa shape index (κ3) is 6.91. The summed E-state index contributed by atoms with van der Waals surface area (Å²) in [6.45, 7) is 4.30. The molecular formula is C28H32N2O4. The number of ketones is 1. The highest BCUT2D eigenvalue weighted by Gasteiger charge is 2.16. The predicted octanol–water partition coefficient (Wildman–Crippen LogP) is 5.27. The van der Waals surface area contributed by atoms with E-state index in [4.69, 9.17) is 4.74 Å². The maximum atomic E-state index is 12.6. The number of hydrogen-bond acceptors (Lipinski definition) is 5. The first-order valence-corrected chi connectivity index (χ1v) is 11.7. The Bertz CT molecular complexity index is 1110. The molecule has 3 aromatic rings. The summed E-state index contributed by atoms with van der Waals surface area (Å²) in [4.78, 5) is 28.4. The van der Waals surface area contributed by atoms with Gasteiger partial charge in [-0.15, -0.1) is 0 Å². The summed E-state index contributed by atoms with van der Waals surface area (Å²) in [5.74, 6) is 0.242. The number of aryl methyl sites for hydroxylation is 1. The van der Waals surface area contributed by atoms with Crippen LogP contribution in [0.15, 0.2) is 60.9 Å². The molecule has 0 saturated carbocycles. The lowest BCUT2D eigenvalue weighted by Gasteiger charge is -2.15. The maximum absolute atomic E-state index is 12.6. The van der Waals surface area contributed by atoms with E-state index in [9.17, 15) is 14.7 Å². The molecule has 0 spiro atoms. The van der Waals surface area contributed by atoms with Gasteiger partial charge in [0.1, 0.15) is 18.1 Å². The molecule has 0 saturated heterocycles. The summed E-state index contributed by atoms with van der Waals surface area (Å²) in [5, 5.41) is 13.5. The number of hydrogen-bond donors (Lipinski definition) is 2. The van der Waals surface area contributed by atoms with Crippen LogP contribution in [0.4, 0.5) is 0 Å². The molecule has 6 nitrogen and oxygen atoms in total. The van der Waals surface area contributed by atoms with Gasteiger partial charge in [0.15, 0.2) is 5.78 Å². The number of ether oxygens (including phenoxy) is 1. The van der Waals surface area contributed by atoms with Gasteiger partial charge in [-0.2, -0.15) is 0 Å². The van der Waals surface area contributed by atoms with Gasteiger partial charge in [-0.1, -0.05) is 31.5 Å². The van der Waals surface area contributed by atoms with Crippen molar-refractivity contribution in [1.29, 1.82) is 0 Å². The first-order chi connectivity index (χ1) is 16.5. The lowest BCUT2D eigenvalue weighted by atomic mass is 10.0. The highest BCUT2D eigenvalue weighted by molar-refractivity contribution is 5.97. The Balaban J connectivity index is 1.54. The number of Topliss-reactive ketones (excluding diaryl/α,β-unsaturated/α-hetero) is 1. The number of nitrogens with one attached hydrogen (secondary N) is 1. The molecule has 0 fully saturated rings. The summed E-state index contributed by atoms with van der Waals surface area (Å²) in [6, 6.07) is 14.6. The minimum atomic E-state index is -0.183. The van der Waals surface area contributed by atoms with Crippen LogP contribution >= 0.6 is 0 Å². The van der Waals surface area contributed by atoms with Gasteiger partial charge in [0.25, 0.3) is 5.91 Å². The van der Waals surface area contributed by atoms with Crippen molar-refractivity contribution in [1.82, 2.24) is 10.3 Å². The fourth-order valence-electron chi connectivity index (χ4n) is 3.80. The van der Waals surface area contributed by atoms with Crippen molar-refractivity contribution in [3.05, 3.63) is 88.7 Å². The van der Waals surface area contributed by atoms with Crippen molar-refractivity contribution in [3.63, 3.8) is 0 Å². The summed E-state index contributed by atoms with van der Waals surface area (Å²) >= 11 is 0. The third-order valence-corrected chi connectivity index (χ3v) is 5.60. The van der Waals surface area contributed by atoms with Crippen LogP contribution in [0.1, 0.15) is 70.5 Å². The largest absolute Gasteiger partial charge is 0.507 e. The normalized spacial score (nSPS) is 10.6. The smallest absolute Gasteiger partial charge is 0.251 e. The number of carbonyl (C=O) groups excluding carboxylic acids is 2. The van der Waals surface area contributed by atoms with Gasteiger partial charge in [-0.05, 0) is 74.1 Å². The van der Waals surface area contributed by atoms with E-state index in [0.29, 0.717) is 35.4 Å². The predicted molar refractivity (Wildman–Crippen MR) is 132 cm³/mol. The Hall–Kier alpha value is -3.67. The molecule has 1 amide bonds. The van der Waals surface area contributed by atoms with Crippen LogP contribution in [0.2, 0.25) is 0 Å². The van der Waals surface area contributed by atoms with Crippen LogP contribution in [-0.4, -0.2) is 28.3 Å². The maximum Gasteiger partial charge on any atom is 0.251 e. The molecule has 0 aliphatic heterocycles. The number of nitrogens with zero attached hydrogens (tertiary/aromatic N) is 1. The van der Waals surface area contributed by atoms with Crippen LogP contribution in [0.3, 0.4) is 0 Å². The Labute approximate surface area is 201 Å². The molecule has 0 bridgehead atoms. The zero-order chi connectivity index (χ0) is 24.3. The number of unbranched alkanes of at least 4 members (excludes halogenated alkanes) is 1. The van der Waals surface area contributed by atoms with Crippen LogP contribution in [0, 0.1) is 0 Å². The van der Waals surface area contributed by atoms with E-state index in [1.807, 2.05) is 37.4 Å². The highest BCUT2D eigenvalue weighted by atomic mass is 16.5. The molecule has 0 unspecified atom stereocenters. The number of aromatic hydroxyl groups is 1. The molecule has 0 radical (unpaired) electrons. The zero-order valence-corrected chi connectivity index (χ0v) is 19.8. The lowest BCUT2D eigenvalue weighted by Crippen LogP contribution is -2.24. The molecule has 0 aliphatic carbocycles. The van der Waals surface area contributed by atoms with Crippen molar-refractivity contribution in [2.24, 2.45) is 0 Å². The summed E-state index contributed by atoms with van der Waals surface area (Å²) in [7, 11) is 0. The second-order valence-electron chi connectivity index (χ2n) is 8.31. The highest BCUT2D eigenvalue weighted by Crippen LogP contribution is 2.33. The molecule has 3 rings (SSSR count). The Kier molecular flexibility index (Phi) is 9.21. The SMILES string of the molecule is CCCc1c(OCc2cccc(C(=O)NCCCCc3cccnc3)c2)ccc(C(C)=O)c1O. The molecule has 2 N–H and O–H groups in total. The van der Waals surface area contributed by atoms with Gasteiger partial charge in [-0.3, -0.25) is 14.6 Å². The van der Waals surface area contributed by atoms with Gasteiger partial charge in [0.2, 0.25) is 0 Å². The van der Waals surface area contributed by atoms with Crippen molar-refractivity contribution in [2.75, 3.05) is 6.54 Å². The Morgan fingerprint density at radius 3 is 2.59 bits per heavy atom. The van der Waals surface area contributed by atoms with Crippen molar-refractivity contribution >= 4 is 11.7 Å². The van der Waals surface area contributed by atoms with E-state index in [1.165, 1.54) is 12.5 Å². The zero-order valence-electron chi connectivity index (χ0n) is 19.8. The molecule has 178 valence electrons. The number of phenolic OH excluding ortho intramolecular Hbond substituents is 1. The number of carbonyl (C=O) groups is 2. The Morgan fingerprint density at radius 2 is 1.85 bits per heavy atom. The van der Waals surface area contributed by atoms with Gasteiger partial charge < -0.3 is 15.2 Å². The van der Waals surface area contributed by atoms with Gasteiger partial charge >= 0.3 is 0 Å². The van der Waals surface area contributed by atoms with E-state index in [2.05, 4.69) is 16.4 Å². The monoisotopic (exact) mass is 460 g/mol. The first-order valence-electron chi connectivity index (χ1n) is 11.7.